The van der Waals surface area contributed by atoms with Gasteiger partial charge in [-0.1, -0.05) is 140 Å². The number of hydrogen-bond acceptors (Lipinski definition) is 4. The number of aromatic nitrogens is 5. The largest absolute Gasteiger partial charge is 0.456 e. The first-order valence-electron chi connectivity index (χ1n) is 20.5. The standard InChI is InChI=1S/C55H33N5O/c1-4-15-34(16-5-1)53-56-54(35-17-6-2-7-18-35)58-55(57-53)36-27-28-40-41-23-14-24-42-47(29-30-50(52(41)42)61-51(40)31-36)60-46-26-13-11-22-39(46)44-32-43-38-21-10-12-25-45(38)59(48(43)33-49(44)60)37-19-8-3-9-20-37/h1-33H. The molecule has 0 aliphatic carbocycles. The molecule has 13 rings (SSSR count). The first-order chi connectivity index (χ1) is 30.2. The number of ether oxygens (including phenoxy) is 1. The van der Waals surface area contributed by atoms with E-state index < -0.39 is 0 Å². The number of para-hydroxylation sites is 3. The van der Waals surface area contributed by atoms with Crippen molar-refractivity contribution in [2.24, 2.45) is 0 Å². The van der Waals surface area contributed by atoms with E-state index in [2.05, 4.69) is 149 Å². The summed E-state index contributed by atoms with van der Waals surface area (Å²) < 4.78 is 11.7. The van der Waals surface area contributed by atoms with Gasteiger partial charge in [0.05, 0.1) is 27.8 Å². The van der Waals surface area contributed by atoms with Gasteiger partial charge in [-0.05, 0) is 66.2 Å². The molecule has 61 heavy (non-hydrogen) atoms. The molecule has 1 aliphatic heterocycles. The monoisotopic (exact) mass is 779 g/mol. The van der Waals surface area contributed by atoms with E-state index in [1.807, 2.05) is 60.7 Å². The van der Waals surface area contributed by atoms with Gasteiger partial charge in [0.25, 0.3) is 0 Å². The summed E-state index contributed by atoms with van der Waals surface area (Å²) in [4.78, 5) is 14.9. The lowest BCUT2D eigenvalue weighted by Gasteiger charge is -2.23. The minimum Gasteiger partial charge on any atom is -0.456 e. The minimum absolute atomic E-state index is 0.588. The molecule has 0 saturated carbocycles. The van der Waals surface area contributed by atoms with Crippen molar-refractivity contribution in [3.63, 3.8) is 0 Å². The molecule has 0 spiro atoms. The molecular weight excluding hydrogens is 747 g/mol. The number of hydrogen-bond donors (Lipinski definition) is 0. The molecule has 284 valence electrons. The van der Waals surface area contributed by atoms with Gasteiger partial charge in [0.2, 0.25) is 0 Å². The second-order valence-corrected chi connectivity index (χ2v) is 15.6. The Morgan fingerprint density at radius 2 is 0.885 bits per heavy atom. The summed E-state index contributed by atoms with van der Waals surface area (Å²) in [7, 11) is 0. The molecule has 6 nitrogen and oxygen atoms in total. The summed E-state index contributed by atoms with van der Waals surface area (Å²) in [5, 5.41) is 7.12. The van der Waals surface area contributed by atoms with E-state index in [0.717, 1.165) is 72.5 Å². The number of benzene rings is 9. The van der Waals surface area contributed by atoms with Crippen LogP contribution in [0.5, 0.6) is 11.5 Å². The van der Waals surface area contributed by atoms with Crippen molar-refractivity contribution in [2.45, 2.75) is 0 Å². The highest BCUT2D eigenvalue weighted by Crippen LogP contribution is 2.50. The van der Waals surface area contributed by atoms with E-state index in [4.69, 9.17) is 19.7 Å². The summed E-state index contributed by atoms with van der Waals surface area (Å²) in [5.74, 6) is 3.42. The minimum atomic E-state index is 0.588. The second kappa shape index (κ2) is 13.1. The highest BCUT2D eigenvalue weighted by atomic mass is 16.5. The van der Waals surface area contributed by atoms with Gasteiger partial charge in [-0.3, -0.25) is 0 Å². The average Bonchev–Trinajstić information content (AvgIpc) is 3.83. The van der Waals surface area contributed by atoms with Crippen LogP contribution in [-0.2, 0) is 0 Å². The number of fused-ring (bicyclic) bond motifs is 8. The van der Waals surface area contributed by atoms with Crippen LogP contribution in [0.2, 0.25) is 0 Å². The van der Waals surface area contributed by atoms with Gasteiger partial charge in [0, 0.05) is 60.3 Å². The van der Waals surface area contributed by atoms with Crippen LogP contribution in [0, 0.1) is 0 Å². The molecule has 0 N–H and O–H groups in total. The Kier molecular flexibility index (Phi) is 7.21. The Hall–Kier alpha value is -8.35. The van der Waals surface area contributed by atoms with Gasteiger partial charge in [-0.25, -0.2) is 15.0 Å². The summed E-state index contributed by atoms with van der Waals surface area (Å²) in [5.41, 5.74) is 11.8. The Balaban J connectivity index is 0.993. The van der Waals surface area contributed by atoms with Gasteiger partial charge in [0.15, 0.2) is 17.5 Å². The maximum atomic E-state index is 6.86. The molecule has 3 aromatic heterocycles. The van der Waals surface area contributed by atoms with Gasteiger partial charge in [0.1, 0.15) is 11.5 Å². The molecule has 12 aromatic rings. The van der Waals surface area contributed by atoms with E-state index in [9.17, 15) is 0 Å². The van der Waals surface area contributed by atoms with Crippen LogP contribution in [0.1, 0.15) is 0 Å². The molecule has 0 radical (unpaired) electrons. The third kappa shape index (κ3) is 5.12. The van der Waals surface area contributed by atoms with E-state index >= 15 is 0 Å². The predicted molar refractivity (Wildman–Crippen MR) is 248 cm³/mol. The van der Waals surface area contributed by atoms with E-state index in [0.29, 0.717) is 17.5 Å². The summed E-state index contributed by atoms with van der Waals surface area (Å²) in [6, 6.07) is 70.3. The summed E-state index contributed by atoms with van der Waals surface area (Å²) in [6.45, 7) is 0. The fourth-order valence-corrected chi connectivity index (χ4v) is 9.43. The van der Waals surface area contributed by atoms with Crippen LogP contribution in [-0.4, -0.2) is 24.1 Å². The van der Waals surface area contributed by atoms with Crippen molar-refractivity contribution in [3.05, 3.63) is 200 Å². The van der Waals surface area contributed by atoms with Gasteiger partial charge in [-0.15, -0.1) is 0 Å². The lowest BCUT2D eigenvalue weighted by atomic mass is 9.93. The molecule has 1 aliphatic rings. The van der Waals surface area contributed by atoms with Crippen LogP contribution < -0.4 is 4.74 Å². The molecule has 0 atom stereocenters. The van der Waals surface area contributed by atoms with Crippen molar-refractivity contribution in [3.8, 4) is 68.2 Å². The van der Waals surface area contributed by atoms with Crippen LogP contribution in [0.4, 0.5) is 0 Å². The molecule has 0 saturated heterocycles. The second-order valence-electron chi connectivity index (χ2n) is 15.6. The SMILES string of the molecule is c1ccc(-c2nc(-c3ccccc3)nc(-c3ccc4c(c3)Oc3ccc(-n5c6ccccc6c6cc7c8ccccc8n(-c8ccccc8)c7cc65)c5cccc-4c35)n2)cc1. The van der Waals surface area contributed by atoms with Crippen LogP contribution >= 0.6 is 0 Å². The van der Waals surface area contributed by atoms with Gasteiger partial charge < -0.3 is 13.9 Å². The quantitative estimate of drug-likeness (QED) is 0.175. The molecule has 0 fully saturated rings. The van der Waals surface area contributed by atoms with Crippen LogP contribution in [0.15, 0.2) is 200 Å². The van der Waals surface area contributed by atoms with Gasteiger partial charge >= 0.3 is 0 Å². The lowest BCUT2D eigenvalue weighted by molar-refractivity contribution is 0.487. The Labute approximate surface area is 350 Å². The fourth-order valence-electron chi connectivity index (χ4n) is 9.43. The molecule has 4 heterocycles. The zero-order valence-electron chi connectivity index (χ0n) is 32.7. The first kappa shape index (κ1) is 33.6. The first-order valence-corrected chi connectivity index (χ1v) is 20.5. The Morgan fingerprint density at radius 1 is 0.328 bits per heavy atom. The van der Waals surface area contributed by atoms with E-state index in [1.165, 1.54) is 32.6 Å². The lowest BCUT2D eigenvalue weighted by Crippen LogP contribution is -2.03. The maximum Gasteiger partial charge on any atom is 0.164 e. The van der Waals surface area contributed by atoms with Crippen molar-refractivity contribution in [1.82, 2.24) is 24.1 Å². The molecule has 0 unspecified atom stereocenters. The van der Waals surface area contributed by atoms with Crippen LogP contribution in [0.3, 0.4) is 0 Å². The zero-order valence-corrected chi connectivity index (χ0v) is 32.7. The van der Waals surface area contributed by atoms with Crippen molar-refractivity contribution in [1.29, 1.82) is 0 Å². The number of rotatable bonds is 5. The van der Waals surface area contributed by atoms with Crippen LogP contribution in [0.25, 0.3) is 111 Å². The Bertz CT molecular complexity index is 3660. The molecule has 0 bridgehead atoms. The molecule has 0 amide bonds. The van der Waals surface area contributed by atoms with Gasteiger partial charge in [-0.2, -0.15) is 0 Å². The van der Waals surface area contributed by atoms with E-state index in [1.54, 1.807) is 0 Å². The third-order valence-corrected chi connectivity index (χ3v) is 12.2. The van der Waals surface area contributed by atoms with Crippen molar-refractivity contribution >= 4 is 54.4 Å². The molecular formula is C55H33N5O. The summed E-state index contributed by atoms with van der Waals surface area (Å²) in [6.07, 6.45) is 0. The molecule has 6 heteroatoms. The molecule has 9 aromatic carbocycles. The summed E-state index contributed by atoms with van der Waals surface area (Å²) >= 11 is 0. The van der Waals surface area contributed by atoms with Crippen molar-refractivity contribution < 1.29 is 4.74 Å². The zero-order chi connectivity index (χ0) is 40.0. The van der Waals surface area contributed by atoms with Crippen molar-refractivity contribution in [2.75, 3.05) is 0 Å². The Morgan fingerprint density at radius 3 is 1.56 bits per heavy atom. The smallest absolute Gasteiger partial charge is 0.164 e. The predicted octanol–water partition coefficient (Wildman–Crippen LogP) is 14.0. The third-order valence-electron chi connectivity index (χ3n) is 12.2. The van der Waals surface area contributed by atoms with E-state index in [-0.39, 0.29) is 0 Å². The highest BCUT2D eigenvalue weighted by Gasteiger charge is 2.25. The average molecular weight is 780 g/mol. The topological polar surface area (TPSA) is 57.8 Å². The number of nitrogens with zero attached hydrogens (tertiary/aromatic N) is 5. The fraction of sp³-hybridized carbons (Fsp3) is 0. The highest BCUT2D eigenvalue weighted by molar-refractivity contribution is 6.20. The normalized spacial score (nSPS) is 12.1. The maximum absolute atomic E-state index is 6.86.